The van der Waals surface area contributed by atoms with Crippen LogP contribution in [0.5, 0.6) is 5.75 Å². The topological polar surface area (TPSA) is 371 Å². The van der Waals surface area contributed by atoms with Crippen LogP contribution in [0.1, 0.15) is 92.6 Å². The molecule has 1 aliphatic rings. The predicted molar refractivity (Wildman–Crippen MR) is 258 cm³/mol. The maximum atomic E-state index is 14.1. The van der Waals surface area contributed by atoms with Crippen LogP contribution in [0.2, 0.25) is 0 Å². The number of hydrogen-bond donors (Lipinski definition) is 11. The average molecular weight is 1010 g/mol. The normalized spacial score (nSPS) is 21.1. The average Bonchev–Trinajstić information content (AvgIpc) is 3.26. The Morgan fingerprint density at radius 3 is 1.99 bits per heavy atom. The number of ether oxygens (including phenoxy) is 1. The second-order valence-corrected chi connectivity index (χ2v) is 20.1. The molecule has 25 heteroatoms. The zero-order valence-electron chi connectivity index (χ0n) is 40.2. The molecule has 69 heavy (non-hydrogen) atoms. The number of carbonyl (C=O) groups excluding carboxylic acids is 11. The monoisotopic (exact) mass is 1010 g/mol. The molecule has 11 amide bonds. The van der Waals surface area contributed by atoms with Crippen molar-refractivity contribution in [1.82, 2.24) is 42.5 Å². The van der Waals surface area contributed by atoms with Gasteiger partial charge in [0.1, 0.15) is 47.5 Å². The number of nitrogens with one attached hydrogen (secondary N) is 8. The van der Waals surface area contributed by atoms with E-state index in [-0.39, 0.29) is 43.1 Å². The summed E-state index contributed by atoms with van der Waals surface area (Å²) in [4.78, 5) is 146. The Kier molecular flexibility index (Phi) is 24.8. The quantitative estimate of drug-likeness (QED) is 0.0633. The first-order chi connectivity index (χ1) is 32.4. The molecule has 0 unspecified atom stereocenters. The van der Waals surface area contributed by atoms with E-state index < -0.39 is 132 Å². The molecule has 0 saturated carbocycles. The molecule has 7 atom stereocenters. The Hall–Kier alpha value is -6.11. The third-order valence-electron chi connectivity index (χ3n) is 10.6. The molecule has 2 rings (SSSR count). The fraction of sp³-hybridized carbons (Fsp3) is 0.614. The van der Waals surface area contributed by atoms with E-state index in [1.165, 1.54) is 13.8 Å². The molecule has 384 valence electrons. The number of benzene rings is 1. The zero-order valence-corrected chi connectivity index (χ0v) is 41.8. The third kappa shape index (κ3) is 21.4. The minimum Gasteiger partial charge on any atom is -0.494 e. The van der Waals surface area contributed by atoms with Crippen molar-refractivity contribution in [3.63, 3.8) is 0 Å². The first kappa shape index (κ1) is 59.0. The molecule has 0 aliphatic carbocycles. The fourth-order valence-electron chi connectivity index (χ4n) is 6.61. The van der Waals surface area contributed by atoms with Crippen LogP contribution in [0.3, 0.4) is 0 Å². The van der Waals surface area contributed by atoms with Gasteiger partial charge in [-0.2, -0.15) is 0 Å². The fourth-order valence-corrected chi connectivity index (χ4v) is 8.76. The minimum atomic E-state index is -1.74. The summed E-state index contributed by atoms with van der Waals surface area (Å²) in [6.45, 7) is 11.5. The lowest BCUT2D eigenvalue weighted by atomic mass is 9.96. The van der Waals surface area contributed by atoms with E-state index >= 15 is 0 Å². The number of primary amides is 3. The Labute approximate surface area is 409 Å². The van der Waals surface area contributed by atoms with Gasteiger partial charge in [0.05, 0.1) is 19.6 Å². The first-order valence-electron chi connectivity index (χ1n) is 22.6. The largest absolute Gasteiger partial charge is 0.494 e. The van der Waals surface area contributed by atoms with Crippen molar-refractivity contribution in [3.05, 3.63) is 29.8 Å². The summed E-state index contributed by atoms with van der Waals surface area (Å²) in [5.74, 6) is -9.41. The van der Waals surface area contributed by atoms with E-state index in [9.17, 15) is 52.7 Å². The molecule has 1 saturated heterocycles. The van der Waals surface area contributed by atoms with Gasteiger partial charge in [-0.1, -0.05) is 67.8 Å². The summed E-state index contributed by atoms with van der Waals surface area (Å²) < 4.78 is 5.53. The Morgan fingerprint density at radius 1 is 0.783 bits per heavy atom. The lowest BCUT2D eigenvalue weighted by molar-refractivity contribution is -0.137. The van der Waals surface area contributed by atoms with Crippen molar-refractivity contribution in [1.29, 1.82) is 0 Å². The molecule has 0 radical (unpaired) electrons. The predicted octanol–water partition coefficient (Wildman–Crippen LogP) is -1.95. The summed E-state index contributed by atoms with van der Waals surface area (Å²) in [5, 5.41) is 20.4. The molecule has 1 fully saturated rings. The number of carbonyl (C=O) groups is 11. The summed E-state index contributed by atoms with van der Waals surface area (Å²) >= 11 is 0. The molecule has 23 nitrogen and oxygen atoms in total. The minimum absolute atomic E-state index is 0.0113. The SMILES string of the molecule is CCOc1ccc(C[C@@H]2NC(=O)CCSSC[C@@H](C(=O)NC(C)(C)C(=O)N[C@@H](CC(C)C)C(=O)NCC(N)=O)NC(=O)[C@H](CC(N)=O)NC(=O)[C@H](CCC(N)=O)NC(=O)[C@H]([C@@H](C)CC)NC2=O)cc1. The molecule has 1 heterocycles. The van der Waals surface area contributed by atoms with Gasteiger partial charge < -0.3 is 64.5 Å². The molecule has 1 aromatic rings. The molecule has 1 aliphatic heterocycles. The van der Waals surface area contributed by atoms with Crippen LogP contribution in [0.15, 0.2) is 24.3 Å². The molecular weight excluding hydrogens is 939 g/mol. The standard InChI is InChI=1S/C44H69N11O12S2/c1-8-24(5)36-42(65)50-27(14-15-32(45)56)38(61)51-30(20-33(46)57)39(62)52-31(41(64)55-44(6,7)43(66)53-28(18-23(3)4)37(60)48-21-34(47)58)22-69-68-17-16-35(59)49-29(40(63)54-36)19-25-10-12-26(13-11-25)67-9-2/h10-13,23-24,27-31,36H,8-9,14-22H2,1-7H3,(H2,45,56)(H2,46,57)(H2,47,58)(H,48,60)(H,49,59)(H,50,65)(H,51,61)(H,52,62)(H,53,66)(H,54,63)(H,55,64)/t24-,27-,28-,29-,30-,31-,36-/m0/s1. The van der Waals surface area contributed by atoms with Crippen LogP contribution in [0.25, 0.3) is 0 Å². The van der Waals surface area contributed by atoms with E-state index in [2.05, 4.69) is 42.5 Å². The van der Waals surface area contributed by atoms with Crippen molar-refractivity contribution in [2.45, 2.75) is 135 Å². The maximum Gasteiger partial charge on any atom is 0.245 e. The van der Waals surface area contributed by atoms with E-state index in [4.69, 9.17) is 21.9 Å². The van der Waals surface area contributed by atoms with Crippen LogP contribution < -0.4 is 64.5 Å². The van der Waals surface area contributed by atoms with Crippen molar-refractivity contribution < 1.29 is 57.5 Å². The summed E-state index contributed by atoms with van der Waals surface area (Å²) in [6.07, 6.45) is -1.17. The molecule has 1 aromatic carbocycles. The lowest BCUT2D eigenvalue weighted by Gasteiger charge is -2.31. The van der Waals surface area contributed by atoms with E-state index in [1.54, 1.807) is 52.0 Å². The van der Waals surface area contributed by atoms with Gasteiger partial charge in [-0.3, -0.25) is 52.7 Å². The first-order valence-corrected chi connectivity index (χ1v) is 25.1. The molecule has 0 aromatic heterocycles. The highest BCUT2D eigenvalue weighted by Gasteiger charge is 2.38. The van der Waals surface area contributed by atoms with Gasteiger partial charge in [-0.25, -0.2) is 0 Å². The van der Waals surface area contributed by atoms with Gasteiger partial charge in [0, 0.05) is 30.8 Å². The second-order valence-electron chi connectivity index (χ2n) is 17.4. The van der Waals surface area contributed by atoms with E-state index in [1.807, 2.05) is 6.92 Å². The van der Waals surface area contributed by atoms with Crippen molar-refractivity contribution >= 4 is 86.6 Å². The molecule has 14 N–H and O–H groups in total. The highest BCUT2D eigenvalue weighted by molar-refractivity contribution is 8.76. The maximum absolute atomic E-state index is 14.1. The summed E-state index contributed by atoms with van der Waals surface area (Å²) in [5.41, 5.74) is 15.0. The Morgan fingerprint density at radius 2 is 1.41 bits per heavy atom. The number of hydrogen-bond acceptors (Lipinski definition) is 14. The second kappa shape index (κ2) is 29.0. The van der Waals surface area contributed by atoms with Gasteiger partial charge >= 0.3 is 0 Å². The van der Waals surface area contributed by atoms with Crippen LogP contribution in [-0.2, 0) is 59.2 Å². The van der Waals surface area contributed by atoms with Gasteiger partial charge in [0.2, 0.25) is 65.0 Å². The molecule has 0 spiro atoms. The van der Waals surface area contributed by atoms with Crippen molar-refractivity contribution in [2.75, 3.05) is 24.7 Å². The van der Waals surface area contributed by atoms with Crippen LogP contribution in [0, 0.1) is 11.8 Å². The number of nitrogens with two attached hydrogens (primary N) is 3. The van der Waals surface area contributed by atoms with Crippen molar-refractivity contribution in [2.24, 2.45) is 29.0 Å². The van der Waals surface area contributed by atoms with E-state index in [0.29, 0.717) is 24.3 Å². The van der Waals surface area contributed by atoms with Gasteiger partial charge in [0.25, 0.3) is 0 Å². The molecule has 0 bridgehead atoms. The molecular formula is C44H69N11O12S2. The lowest BCUT2D eigenvalue weighted by Crippen LogP contribution is -2.63. The summed E-state index contributed by atoms with van der Waals surface area (Å²) in [6, 6.07) is -1.50. The van der Waals surface area contributed by atoms with Gasteiger partial charge in [-0.15, -0.1) is 0 Å². The van der Waals surface area contributed by atoms with Crippen LogP contribution in [-0.4, -0.2) is 131 Å². The van der Waals surface area contributed by atoms with Gasteiger partial charge in [0.15, 0.2) is 0 Å². The Bertz CT molecular complexity index is 2010. The van der Waals surface area contributed by atoms with Crippen LogP contribution in [0.4, 0.5) is 0 Å². The highest BCUT2D eigenvalue weighted by Crippen LogP contribution is 2.24. The number of rotatable bonds is 20. The smallest absolute Gasteiger partial charge is 0.245 e. The van der Waals surface area contributed by atoms with Crippen molar-refractivity contribution in [3.8, 4) is 5.75 Å². The number of amides is 11. The van der Waals surface area contributed by atoms with E-state index in [0.717, 1.165) is 21.6 Å². The summed E-state index contributed by atoms with van der Waals surface area (Å²) in [7, 11) is 2.19. The van der Waals surface area contributed by atoms with Crippen LogP contribution >= 0.6 is 21.6 Å². The Balaban J connectivity index is 2.59. The third-order valence-corrected chi connectivity index (χ3v) is 13.0. The van der Waals surface area contributed by atoms with Gasteiger partial charge in [-0.05, 0) is 63.1 Å². The zero-order chi connectivity index (χ0) is 52.0. The highest BCUT2D eigenvalue weighted by atomic mass is 33.1.